The zero-order chi connectivity index (χ0) is 10.9. The Labute approximate surface area is 91.6 Å². The molecule has 0 bridgehead atoms. The number of unbranched alkanes of at least 4 members (excludes halogenated alkanes) is 1. The van der Waals surface area contributed by atoms with Gasteiger partial charge in [0.15, 0.2) is 0 Å². The summed E-state index contributed by atoms with van der Waals surface area (Å²) in [6.45, 7) is 4.59. The molecule has 3 N–H and O–H groups in total. The van der Waals surface area contributed by atoms with Gasteiger partial charge < -0.3 is 15.8 Å². The van der Waals surface area contributed by atoms with Gasteiger partial charge in [0.05, 0.1) is 6.61 Å². The van der Waals surface area contributed by atoms with Crippen LogP contribution in [0.5, 0.6) is 0 Å². The maximum Gasteiger partial charge on any atom is 0.0639 e. The molecule has 0 aliphatic rings. The van der Waals surface area contributed by atoms with Gasteiger partial charge in [-0.05, 0) is 24.6 Å². The maximum absolute atomic E-state index is 5.66. The van der Waals surface area contributed by atoms with Gasteiger partial charge in [0, 0.05) is 24.5 Å². The van der Waals surface area contributed by atoms with E-state index in [9.17, 15) is 0 Å². The molecule has 0 aromatic heterocycles. The molecule has 1 aromatic carbocycles. The summed E-state index contributed by atoms with van der Waals surface area (Å²) in [5.74, 6) is 0. The molecule has 0 heterocycles. The standard InChI is InChI=1S/C12H20N2O/c1-2-3-8-15-9-7-14-12-6-4-5-11(13)10-12/h4-6,10,14H,2-3,7-9,13H2,1H3. The Kier molecular flexibility index (Phi) is 5.63. The molecule has 15 heavy (non-hydrogen) atoms. The smallest absolute Gasteiger partial charge is 0.0639 e. The molecular formula is C12H20N2O. The van der Waals surface area contributed by atoms with Crippen molar-refractivity contribution in [1.29, 1.82) is 0 Å². The average Bonchev–Trinajstić information content (AvgIpc) is 2.23. The van der Waals surface area contributed by atoms with E-state index >= 15 is 0 Å². The van der Waals surface area contributed by atoms with Gasteiger partial charge in [-0.25, -0.2) is 0 Å². The van der Waals surface area contributed by atoms with Gasteiger partial charge in [0.2, 0.25) is 0 Å². The van der Waals surface area contributed by atoms with Crippen LogP contribution in [0.1, 0.15) is 19.8 Å². The monoisotopic (exact) mass is 208 g/mol. The third-order valence-electron chi connectivity index (χ3n) is 2.10. The molecule has 0 spiro atoms. The number of nitrogens with one attached hydrogen (secondary N) is 1. The Morgan fingerprint density at radius 2 is 2.20 bits per heavy atom. The lowest BCUT2D eigenvalue weighted by molar-refractivity contribution is 0.141. The van der Waals surface area contributed by atoms with E-state index in [0.29, 0.717) is 0 Å². The van der Waals surface area contributed by atoms with Crippen molar-refractivity contribution < 1.29 is 4.74 Å². The van der Waals surface area contributed by atoms with E-state index in [4.69, 9.17) is 10.5 Å². The first kappa shape index (κ1) is 11.9. The number of nitrogens with two attached hydrogens (primary N) is 1. The minimum atomic E-state index is 0.745. The van der Waals surface area contributed by atoms with Gasteiger partial charge in [-0.3, -0.25) is 0 Å². The van der Waals surface area contributed by atoms with E-state index in [1.54, 1.807) is 0 Å². The first-order chi connectivity index (χ1) is 7.33. The fourth-order valence-corrected chi connectivity index (χ4v) is 1.26. The molecule has 1 aromatic rings. The van der Waals surface area contributed by atoms with E-state index in [2.05, 4.69) is 12.2 Å². The molecule has 0 radical (unpaired) electrons. The molecule has 0 aliphatic carbocycles. The van der Waals surface area contributed by atoms with E-state index in [0.717, 1.165) is 37.6 Å². The summed E-state index contributed by atoms with van der Waals surface area (Å²) < 4.78 is 5.43. The Balaban J connectivity index is 2.10. The lowest BCUT2D eigenvalue weighted by Gasteiger charge is -2.07. The topological polar surface area (TPSA) is 47.3 Å². The van der Waals surface area contributed by atoms with Crippen molar-refractivity contribution >= 4 is 11.4 Å². The molecule has 3 nitrogen and oxygen atoms in total. The number of hydrogen-bond donors (Lipinski definition) is 2. The summed E-state index contributed by atoms with van der Waals surface area (Å²) in [5.41, 5.74) is 7.49. The van der Waals surface area contributed by atoms with Crippen molar-refractivity contribution in [2.24, 2.45) is 0 Å². The van der Waals surface area contributed by atoms with Crippen molar-refractivity contribution in [3.63, 3.8) is 0 Å². The third kappa shape index (κ3) is 5.27. The summed E-state index contributed by atoms with van der Waals surface area (Å²) in [4.78, 5) is 0. The molecular weight excluding hydrogens is 188 g/mol. The van der Waals surface area contributed by atoms with Gasteiger partial charge >= 0.3 is 0 Å². The van der Waals surface area contributed by atoms with Crippen LogP contribution in [0, 0.1) is 0 Å². The summed E-state index contributed by atoms with van der Waals surface area (Å²) in [5, 5.41) is 3.26. The lowest BCUT2D eigenvalue weighted by atomic mass is 10.3. The highest BCUT2D eigenvalue weighted by Crippen LogP contribution is 2.10. The molecule has 0 aliphatic heterocycles. The number of ether oxygens (including phenoxy) is 1. The van der Waals surface area contributed by atoms with Crippen LogP contribution in [0.2, 0.25) is 0 Å². The Hall–Kier alpha value is -1.22. The fourth-order valence-electron chi connectivity index (χ4n) is 1.26. The number of hydrogen-bond acceptors (Lipinski definition) is 3. The van der Waals surface area contributed by atoms with Gasteiger partial charge in [-0.1, -0.05) is 19.4 Å². The summed E-state index contributed by atoms with van der Waals surface area (Å²) in [6.07, 6.45) is 2.32. The highest BCUT2D eigenvalue weighted by atomic mass is 16.5. The number of benzene rings is 1. The first-order valence-corrected chi connectivity index (χ1v) is 5.50. The average molecular weight is 208 g/mol. The van der Waals surface area contributed by atoms with E-state index in [1.165, 1.54) is 6.42 Å². The van der Waals surface area contributed by atoms with E-state index in [-0.39, 0.29) is 0 Å². The summed E-state index contributed by atoms with van der Waals surface area (Å²) in [7, 11) is 0. The maximum atomic E-state index is 5.66. The second kappa shape index (κ2) is 7.12. The van der Waals surface area contributed by atoms with Crippen LogP contribution in [0.3, 0.4) is 0 Å². The van der Waals surface area contributed by atoms with Crippen LogP contribution in [0.4, 0.5) is 11.4 Å². The number of nitrogen functional groups attached to an aromatic ring is 1. The van der Waals surface area contributed by atoms with Crippen molar-refractivity contribution in [3.8, 4) is 0 Å². The summed E-state index contributed by atoms with van der Waals surface area (Å²) >= 11 is 0. The quantitative estimate of drug-likeness (QED) is 0.534. The van der Waals surface area contributed by atoms with Crippen LogP contribution < -0.4 is 11.1 Å². The predicted octanol–water partition coefficient (Wildman–Crippen LogP) is 2.50. The van der Waals surface area contributed by atoms with Crippen molar-refractivity contribution in [2.75, 3.05) is 30.8 Å². The zero-order valence-electron chi connectivity index (χ0n) is 9.33. The van der Waals surface area contributed by atoms with Gasteiger partial charge in [0.25, 0.3) is 0 Å². The van der Waals surface area contributed by atoms with Crippen LogP contribution >= 0.6 is 0 Å². The van der Waals surface area contributed by atoms with Crippen LogP contribution in [-0.2, 0) is 4.74 Å². The Morgan fingerprint density at radius 3 is 2.93 bits per heavy atom. The first-order valence-electron chi connectivity index (χ1n) is 5.50. The minimum absolute atomic E-state index is 0.745. The van der Waals surface area contributed by atoms with Crippen molar-refractivity contribution in [3.05, 3.63) is 24.3 Å². The van der Waals surface area contributed by atoms with E-state index < -0.39 is 0 Å². The number of anilines is 2. The van der Waals surface area contributed by atoms with Gasteiger partial charge in [-0.2, -0.15) is 0 Å². The molecule has 84 valence electrons. The molecule has 1 rings (SSSR count). The number of rotatable bonds is 7. The molecule has 0 amide bonds. The molecule has 0 atom stereocenters. The SMILES string of the molecule is CCCCOCCNc1cccc(N)c1. The second-order valence-electron chi connectivity index (χ2n) is 3.52. The molecule has 0 saturated carbocycles. The zero-order valence-corrected chi connectivity index (χ0v) is 9.33. The Bertz CT molecular complexity index is 276. The van der Waals surface area contributed by atoms with Crippen molar-refractivity contribution in [2.45, 2.75) is 19.8 Å². The summed E-state index contributed by atoms with van der Waals surface area (Å²) in [6, 6.07) is 7.74. The second-order valence-corrected chi connectivity index (χ2v) is 3.52. The molecule has 0 unspecified atom stereocenters. The molecule has 0 saturated heterocycles. The van der Waals surface area contributed by atoms with E-state index in [1.807, 2.05) is 24.3 Å². The molecule has 3 heteroatoms. The largest absolute Gasteiger partial charge is 0.399 e. The molecule has 0 fully saturated rings. The van der Waals surface area contributed by atoms with Crippen LogP contribution in [0.15, 0.2) is 24.3 Å². The minimum Gasteiger partial charge on any atom is -0.399 e. The predicted molar refractivity (Wildman–Crippen MR) is 65.1 cm³/mol. The third-order valence-corrected chi connectivity index (χ3v) is 2.10. The fraction of sp³-hybridized carbons (Fsp3) is 0.500. The van der Waals surface area contributed by atoms with Crippen LogP contribution in [0.25, 0.3) is 0 Å². The normalized spacial score (nSPS) is 10.2. The Morgan fingerprint density at radius 1 is 1.33 bits per heavy atom. The van der Waals surface area contributed by atoms with Gasteiger partial charge in [-0.15, -0.1) is 0 Å². The van der Waals surface area contributed by atoms with Crippen LogP contribution in [-0.4, -0.2) is 19.8 Å². The highest BCUT2D eigenvalue weighted by Gasteiger charge is 1.92. The highest BCUT2D eigenvalue weighted by molar-refractivity contribution is 5.53. The lowest BCUT2D eigenvalue weighted by Crippen LogP contribution is -2.10. The van der Waals surface area contributed by atoms with Crippen molar-refractivity contribution in [1.82, 2.24) is 0 Å². The van der Waals surface area contributed by atoms with Gasteiger partial charge in [0.1, 0.15) is 0 Å².